The monoisotopic (exact) mass is 514 g/mol. The second kappa shape index (κ2) is 10.8. The summed E-state index contributed by atoms with van der Waals surface area (Å²) in [6, 6.07) is 15.7. The summed E-state index contributed by atoms with van der Waals surface area (Å²) in [4.78, 5) is 27.0. The van der Waals surface area contributed by atoms with Crippen LogP contribution in [0.25, 0.3) is 6.08 Å². The van der Waals surface area contributed by atoms with Crippen LogP contribution >= 0.6 is 35.6 Å². The minimum absolute atomic E-state index is 0.193. The fraction of sp³-hybridized carbons (Fsp3) is 0.125. The lowest BCUT2D eigenvalue weighted by Gasteiger charge is -2.12. The largest absolute Gasteiger partial charge is 0.493 e. The molecule has 34 heavy (non-hydrogen) atoms. The number of para-hydroxylation sites is 1. The van der Waals surface area contributed by atoms with Crippen LogP contribution in [0.1, 0.15) is 11.3 Å². The van der Waals surface area contributed by atoms with Crippen molar-refractivity contribution in [2.75, 3.05) is 19.0 Å². The van der Waals surface area contributed by atoms with Gasteiger partial charge in [-0.15, -0.1) is 0 Å². The molecule has 0 saturated carbocycles. The number of rotatable bonds is 8. The molecular formula is C24H19ClN2O5S2. The normalized spacial score (nSPS) is 14.5. The van der Waals surface area contributed by atoms with Crippen LogP contribution in [0.15, 0.2) is 70.2 Å². The van der Waals surface area contributed by atoms with Crippen LogP contribution in [-0.2, 0) is 16.1 Å². The van der Waals surface area contributed by atoms with E-state index in [1.165, 1.54) is 23.8 Å². The average molecular weight is 515 g/mol. The van der Waals surface area contributed by atoms with E-state index < -0.39 is 0 Å². The highest BCUT2D eigenvalue weighted by atomic mass is 35.5. The molecule has 1 N–H and O–H groups in total. The summed E-state index contributed by atoms with van der Waals surface area (Å²) in [7, 11) is 1.50. The van der Waals surface area contributed by atoms with Crippen molar-refractivity contribution < 1.29 is 23.5 Å². The Morgan fingerprint density at radius 2 is 2.03 bits per heavy atom. The molecule has 0 aliphatic carbocycles. The van der Waals surface area contributed by atoms with Gasteiger partial charge >= 0.3 is 0 Å². The molecular weight excluding hydrogens is 496 g/mol. The number of halogens is 1. The van der Waals surface area contributed by atoms with Gasteiger partial charge in [0, 0.05) is 0 Å². The number of thioether (sulfide) groups is 1. The van der Waals surface area contributed by atoms with Crippen LogP contribution in [0.3, 0.4) is 0 Å². The highest BCUT2D eigenvalue weighted by Gasteiger charge is 2.32. The fourth-order valence-electron chi connectivity index (χ4n) is 3.13. The summed E-state index contributed by atoms with van der Waals surface area (Å²) in [5.41, 5.74) is 1.23. The second-order valence-electron chi connectivity index (χ2n) is 7.07. The smallest absolute Gasteiger partial charge is 0.266 e. The molecule has 0 unspecified atom stereocenters. The van der Waals surface area contributed by atoms with Crippen LogP contribution in [0, 0.1) is 0 Å². The summed E-state index contributed by atoms with van der Waals surface area (Å²) in [5.74, 6) is 0.908. The molecule has 1 aromatic heterocycles. The Kier molecular flexibility index (Phi) is 7.56. The number of methoxy groups -OCH3 is 1. The molecule has 2 amide bonds. The minimum Gasteiger partial charge on any atom is -0.493 e. The van der Waals surface area contributed by atoms with E-state index in [2.05, 4.69) is 5.32 Å². The van der Waals surface area contributed by atoms with Crippen molar-refractivity contribution in [3.8, 4) is 11.5 Å². The Morgan fingerprint density at radius 1 is 1.21 bits per heavy atom. The Labute approximate surface area is 210 Å². The number of hydrogen-bond donors (Lipinski definition) is 1. The van der Waals surface area contributed by atoms with Gasteiger partial charge < -0.3 is 19.2 Å². The highest BCUT2D eigenvalue weighted by Crippen LogP contribution is 2.35. The van der Waals surface area contributed by atoms with Crippen LogP contribution in [0.5, 0.6) is 11.5 Å². The van der Waals surface area contributed by atoms with E-state index in [-0.39, 0.29) is 25.0 Å². The number of nitrogens with one attached hydrogen (secondary N) is 1. The summed E-state index contributed by atoms with van der Waals surface area (Å²) in [5, 5.41) is 3.13. The SMILES string of the molecule is COc1cc(/C=C2\SC(=S)N(Cc3ccco3)C2=O)ccc1OCC(=O)Nc1ccccc1Cl. The van der Waals surface area contributed by atoms with Gasteiger partial charge in [-0.3, -0.25) is 14.5 Å². The van der Waals surface area contributed by atoms with Gasteiger partial charge in [0.1, 0.15) is 10.1 Å². The van der Waals surface area contributed by atoms with Crippen molar-refractivity contribution in [2.24, 2.45) is 0 Å². The number of benzene rings is 2. The van der Waals surface area contributed by atoms with Crippen LogP contribution in [0.2, 0.25) is 5.02 Å². The number of thiocarbonyl (C=S) groups is 1. The molecule has 0 atom stereocenters. The summed E-state index contributed by atoms with van der Waals surface area (Å²) in [6.45, 7) is 0.0493. The molecule has 4 rings (SSSR count). The lowest BCUT2D eigenvalue weighted by atomic mass is 10.2. The zero-order valence-corrected chi connectivity index (χ0v) is 20.3. The van der Waals surface area contributed by atoms with E-state index >= 15 is 0 Å². The number of nitrogens with zero attached hydrogens (tertiary/aromatic N) is 1. The standard InChI is InChI=1S/C24H19ClN2O5S2/c1-30-20-11-15(12-21-23(29)27(24(33)34-21)13-16-5-4-10-31-16)8-9-19(20)32-14-22(28)26-18-7-3-2-6-17(18)25/h2-12H,13-14H2,1H3,(H,26,28)/b21-12-. The number of carbonyl (C=O) groups excluding carboxylic acids is 2. The number of carbonyl (C=O) groups is 2. The highest BCUT2D eigenvalue weighted by molar-refractivity contribution is 8.26. The first-order valence-electron chi connectivity index (χ1n) is 10.1. The third-order valence-corrected chi connectivity index (χ3v) is 6.47. The van der Waals surface area contributed by atoms with E-state index in [1.807, 2.05) is 0 Å². The van der Waals surface area contributed by atoms with Gasteiger partial charge in [-0.1, -0.05) is 53.8 Å². The van der Waals surface area contributed by atoms with Gasteiger partial charge in [-0.05, 0) is 48.0 Å². The molecule has 2 aromatic carbocycles. The van der Waals surface area contributed by atoms with E-state index in [1.54, 1.807) is 66.9 Å². The average Bonchev–Trinajstić information content (AvgIpc) is 3.44. The summed E-state index contributed by atoms with van der Waals surface area (Å²) in [6.07, 6.45) is 3.29. The molecule has 1 aliphatic heterocycles. The minimum atomic E-state index is -0.362. The maximum Gasteiger partial charge on any atom is 0.266 e. The maximum absolute atomic E-state index is 12.8. The van der Waals surface area contributed by atoms with Crippen LogP contribution < -0.4 is 14.8 Å². The van der Waals surface area contributed by atoms with Crippen LogP contribution in [0.4, 0.5) is 5.69 Å². The van der Waals surface area contributed by atoms with Crippen LogP contribution in [-0.4, -0.2) is 34.8 Å². The molecule has 3 aromatic rings. The third kappa shape index (κ3) is 5.61. The summed E-state index contributed by atoms with van der Waals surface area (Å²) >= 11 is 12.6. The quantitative estimate of drug-likeness (QED) is 0.320. The van der Waals surface area contributed by atoms with Gasteiger partial charge in [0.15, 0.2) is 18.1 Å². The Balaban J connectivity index is 1.42. The van der Waals surface area contributed by atoms with E-state index in [0.717, 1.165) is 5.56 Å². The second-order valence-corrected chi connectivity index (χ2v) is 9.16. The van der Waals surface area contributed by atoms with Crippen molar-refractivity contribution in [1.82, 2.24) is 4.90 Å². The van der Waals surface area contributed by atoms with Gasteiger partial charge in [0.25, 0.3) is 11.8 Å². The van der Waals surface area contributed by atoms with Gasteiger partial charge in [-0.25, -0.2) is 0 Å². The van der Waals surface area contributed by atoms with E-state index in [9.17, 15) is 9.59 Å². The lowest BCUT2D eigenvalue weighted by Crippen LogP contribution is -2.27. The van der Waals surface area contributed by atoms with E-state index in [4.69, 9.17) is 37.7 Å². The summed E-state index contributed by atoms with van der Waals surface area (Å²) < 4.78 is 16.8. The number of anilines is 1. The zero-order chi connectivity index (χ0) is 24.1. The molecule has 0 bridgehead atoms. The molecule has 174 valence electrons. The Morgan fingerprint density at radius 3 is 2.76 bits per heavy atom. The Bertz CT molecular complexity index is 1260. The molecule has 1 aliphatic rings. The van der Waals surface area contributed by atoms with Crippen molar-refractivity contribution >= 4 is 63.5 Å². The fourth-order valence-corrected chi connectivity index (χ4v) is 4.57. The zero-order valence-electron chi connectivity index (χ0n) is 17.9. The molecule has 1 fully saturated rings. The van der Waals surface area contributed by atoms with Crippen molar-refractivity contribution in [2.45, 2.75) is 6.54 Å². The topological polar surface area (TPSA) is 81.0 Å². The Hall–Kier alpha value is -3.27. The van der Waals surface area contributed by atoms with Gasteiger partial charge in [0.2, 0.25) is 0 Å². The van der Waals surface area contributed by atoms with Crippen molar-refractivity contribution in [3.63, 3.8) is 0 Å². The lowest BCUT2D eigenvalue weighted by molar-refractivity contribution is -0.122. The molecule has 7 nitrogen and oxygen atoms in total. The first-order chi connectivity index (χ1) is 16.4. The molecule has 0 radical (unpaired) electrons. The predicted molar refractivity (Wildman–Crippen MR) is 136 cm³/mol. The van der Waals surface area contributed by atoms with Crippen molar-refractivity contribution in [1.29, 1.82) is 0 Å². The third-order valence-electron chi connectivity index (χ3n) is 4.76. The predicted octanol–water partition coefficient (Wildman–Crippen LogP) is 5.36. The van der Waals surface area contributed by atoms with Gasteiger partial charge in [0.05, 0.1) is 35.5 Å². The van der Waals surface area contributed by atoms with Gasteiger partial charge in [-0.2, -0.15) is 0 Å². The number of amides is 2. The number of ether oxygens (including phenoxy) is 2. The first kappa shape index (κ1) is 23.9. The number of hydrogen-bond acceptors (Lipinski definition) is 7. The maximum atomic E-state index is 12.8. The number of furan rings is 1. The first-order valence-corrected chi connectivity index (χ1v) is 11.7. The van der Waals surface area contributed by atoms with Crippen molar-refractivity contribution in [3.05, 3.63) is 82.1 Å². The van der Waals surface area contributed by atoms with E-state index in [0.29, 0.717) is 37.2 Å². The molecule has 1 saturated heterocycles. The molecule has 10 heteroatoms. The molecule has 2 heterocycles. The molecule has 0 spiro atoms.